The average Bonchev–Trinajstić information content (AvgIpc) is 2.74. The van der Waals surface area contributed by atoms with Gasteiger partial charge in [0.15, 0.2) is 5.65 Å². The van der Waals surface area contributed by atoms with Crippen LogP contribution in [0, 0.1) is 0 Å². The third-order valence-electron chi connectivity index (χ3n) is 2.42. The quantitative estimate of drug-likeness (QED) is 0.683. The molecule has 0 saturated carbocycles. The first-order chi connectivity index (χ1) is 8.81. The number of anilines is 1. The van der Waals surface area contributed by atoms with Crippen LogP contribution in [0.5, 0.6) is 0 Å². The maximum atomic E-state index is 8.55. The first-order valence-corrected chi connectivity index (χ1v) is 5.88. The highest BCUT2D eigenvalue weighted by Gasteiger charge is 2.05. The van der Waals surface area contributed by atoms with Crippen LogP contribution in [0.25, 0.3) is 11.0 Å². The van der Waals surface area contributed by atoms with E-state index in [1.54, 1.807) is 4.68 Å². The van der Waals surface area contributed by atoms with Crippen LogP contribution in [0.1, 0.15) is 6.42 Å². The highest BCUT2D eigenvalue weighted by Crippen LogP contribution is 2.16. The minimum Gasteiger partial charge on any atom is -0.394 e. The van der Waals surface area contributed by atoms with Gasteiger partial charge in [0.25, 0.3) is 0 Å². The molecule has 0 fully saturated rings. The van der Waals surface area contributed by atoms with Crippen LogP contribution >= 0.6 is 0 Å². The van der Waals surface area contributed by atoms with Gasteiger partial charge in [-0.15, -0.1) is 0 Å². The summed E-state index contributed by atoms with van der Waals surface area (Å²) < 4.78 is 6.89. The Morgan fingerprint density at radius 2 is 2.28 bits per heavy atom. The van der Waals surface area contributed by atoms with Crippen molar-refractivity contribution in [1.29, 1.82) is 0 Å². The SMILES string of the molecule is Cn1cc2c(NCCCOCCO)ncnc2n1. The first kappa shape index (κ1) is 12.7. The standard InChI is InChI=1S/C11H17N5O2/c1-16-7-9-10(13-8-14-11(9)15-16)12-3-2-5-18-6-4-17/h7-8,17H,2-6H2,1H3,(H,12,13,14,15). The van der Waals surface area contributed by atoms with E-state index in [4.69, 9.17) is 9.84 Å². The zero-order chi connectivity index (χ0) is 12.8. The third-order valence-corrected chi connectivity index (χ3v) is 2.42. The minimum absolute atomic E-state index is 0.0651. The second-order valence-corrected chi connectivity index (χ2v) is 3.88. The van der Waals surface area contributed by atoms with Gasteiger partial charge in [-0.1, -0.05) is 0 Å². The fourth-order valence-electron chi connectivity index (χ4n) is 1.64. The summed E-state index contributed by atoms with van der Waals surface area (Å²) in [5.74, 6) is 0.787. The lowest BCUT2D eigenvalue weighted by Crippen LogP contribution is -2.08. The van der Waals surface area contributed by atoms with Crippen molar-refractivity contribution in [2.45, 2.75) is 6.42 Å². The van der Waals surface area contributed by atoms with E-state index in [-0.39, 0.29) is 6.61 Å². The van der Waals surface area contributed by atoms with E-state index >= 15 is 0 Å². The zero-order valence-electron chi connectivity index (χ0n) is 10.3. The summed E-state index contributed by atoms with van der Waals surface area (Å²) in [6, 6.07) is 0. The van der Waals surface area contributed by atoms with Gasteiger partial charge in [0.2, 0.25) is 0 Å². The Labute approximate surface area is 105 Å². The topological polar surface area (TPSA) is 85.1 Å². The molecule has 0 aliphatic heterocycles. The fourth-order valence-corrected chi connectivity index (χ4v) is 1.64. The molecule has 7 heteroatoms. The summed E-state index contributed by atoms with van der Waals surface area (Å²) in [5.41, 5.74) is 0.687. The number of aliphatic hydroxyl groups is 1. The van der Waals surface area contributed by atoms with Gasteiger partial charge in [0.05, 0.1) is 18.6 Å². The molecule has 2 N–H and O–H groups in total. The number of aryl methyl sites for hydroxylation is 1. The van der Waals surface area contributed by atoms with Gasteiger partial charge in [-0.05, 0) is 6.42 Å². The number of aromatic nitrogens is 4. The van der Waals surface area contributed by atoms with E-state index in [0.717, 1.165) is 24.2 Å². The molecule has 7 nitrogen and oxygen atoms in total. The molecule has 0 spiro atoms. The maximum absolute atomic E-state index is 8.55. The zero-order valence-corrected chi connectivity index (χ0v) is 10.3. The van der Waals surface area contributed by atoms with Gasteiger partial charge in [0, 0.05) is 26.4 Å². The molecule has 0 amide bonds. The molecule has 0 bridgehead atoms. The molecular weight excluding hydrogens is 234 g/mol. The molecule has 2 aromatic rings. The number of ether oxygens (including phenoxy) is 1. The van der Waals surface area contributed by atoms with E-state index in [2.05, 4.69) is 20.4 Å². The number of hydrogen-bond acceptors (Lipinski definition) is 6. The molecular formula is C11H17N5O2. The van der Waals surface area contributed by atoms with E-state index in [9.17, 15) is 0 Å². The maximum Gasteiger partial charge on any atom is 0.186 e. The highest BCUT2D eigenvalue weighted by atomic mass is 16.5. The molecule has 98 valence electrons. The number of nitrogens with one attached hydrogen (secondary N) is 1. The van der Waals surface area contributed by atoms with Crippen LogP contribution in [0.15, 0.2) is 12.5 Å². The minimum atomic E-state index is 0.0651. The molecule has 18 heavy (non-hydrogen) atoms. The molecule has 2 rings (SSSR count). The van der Waals surface area contributed by atoms with Crippen molar-refractivity contribution in [3.05, 3.63) is 12.5 Å². The molecule has 0 unspecified atom stereocenters. The normalized spacial score (nSPS) is 11.0. The number of fused-ring (bicyclic) bond motifs is 1. The number of rotatable bonds is 7. The van der Waals surface area contributed by atoms with Gasteiger partial charge in [-0.3, -0.25) is 4.68 Å². The first-order valence-electron chi connectivity index (χ1n) is 5.88. The summed E-state index contributed by atoms with van der Waals surface area (Å²) in [4.78, 5) is 8.29. The monoisotopic (exact) mass is 251 g/mol. The largest absolute Gasteiger partial charge is 0.394 e. The van der Waals surface area contributed by atoms with Crippen molar-refractivity contribution in [1.82, 2.24) is 19.7 Å². The molecule has 0 atom stereocenters. The number of hydrogen-bond donors (Lipinski definition) is 2. The summed E-state index contributed by atoms with van der Waals surface area (Å²) >= 11 is 0. The van der Waals surface area contributed by atoms with Crippen molar-refractivity contribution >= 4 is 16.9 Å². The molecule has 0 aromatic carbocycles. The summed E-state index contributed by atoms with van der Waals surface area (Å²) in [7, 11) is 1.86. The Balaban J connectivity index is 1.87. The van der Waals surface area contributed by atoms with Gasteiger partial charge in [-0.25, -0.2) is 9.97 Å². The second-order valence-electron chi connectivity index (χ2n) is 3.88. The van der Waals surface area contributed by atoms with E-state index in [0.29, 0.717) is 18.9 Å². The van der Waals surface area contributed by atoms with Crippen LogP contribution in [0.4, 0.5) is 5.82 Å². The number of aliphatic hydroxyl groups excluding tert-OH is 1. The Morgan fingerprint density at radius 3 is 3.11 bits per heavy atom. The summed E-state index contributed by atoms with van der Waals surface area (Å²) in [6.45, 7) is 1.83. The van der Waals surface area contributed by atoms with Crippen molar-refractivity contribution in [2.24, 2.45) is 7.05 Å². The molecule has 0 saturated heterocycles. The Hall–Kier alpha value is -1.73. The van der Waals surface area contributed by atoms with Crippen LogP contribution < -0.4 is 5.32 Å². The predicted molar refractivity (Wildman–Crippen MR) is 67.3 cm³/mol. The van der Waals surface area contributed by atoms with Crippen molar-refractivity contribution in [3.63, 3.8) is 0 Å². The van der Waals surface area contributed by atoms with Crippen LogP contribution in [-0.4, -0.2) is 51.2 Å². The van der Waals surface area contributed by atoms with Crippen LogP contribution in [-0.2, 0) is 11.8 Å². The Kier molecular flexibility index (Phi) is 4.43. The lowest BCUT2D eigenvalue weighted by Gasteiger charge is -2.06. The lowest BCUT2D eigenvalue weighted by molar-refractivity contribution is 0.0922. The predicted octanol–water partition coefficient (Wildman–Crippen LogP) is 0.174. The van der Waals surface area contributed by atoms with Gasteiger partial charge in [-0.2, -0.15) is 5.10 Å². The molecule has 2 aromatic heterocycles. The fraction of sp³-hybridized carbons (Fsp3) is 0.545. The summed E-state index contributed by atoms with van der Waals surface area (Å²) in [5, 5.41) is 16.9. The van der Waals surface area contributed by atoms with Crippen LogP contribution in [0.3, 0.4) is 0 Å². The molecule has 0 aliphatic rings. The van der Waals surface area contributed by atoms with Gasteiger partial charge < -0.3 is 15.2 Å². The Bertz CT molecular complexity index is 499. The molecule has 2 heterocycles. The summed E-state index contributed by atoms with van der Waals surface area (Å²) in [6.07, 6.45) is 4.24. The highest BCUT2D eigenvalue weighted by molar-refractivity contribution is 5.85. The van der Waals surface area contributed by atoms with Crippen molar-refractivity contribution < 1.29 is 9.84 Å². The molecule has 0 aliphatic carbocycles. The lowest BCUT2D eigenvalue weighted by atomic mass is 10.3. The van der Waals surface area contributed by atoms with Crippen molar-refractivity contribution in [3.8, 4) is 0 Å². The van der Waals surface area contributed by atoms with Gasteiger partial charge in [0.1, 0.15) is 12.1 Å². The van der Waals surface area contributed by atoms with E-state index < -0.39 is 0 Å². The average molecular weight is 251 g/mol. The molecule has 0 radical (unpaired) electrons. The smallest absolute Gasteiger partial charge is 0.186 e. The second kappa shape index (κ2) is 6.27. The van der Waals surface area contributed by atoms with Crippen LogP contribution in [0.2, 0.25) is 0 Å². The van der Waals surface area contributed by atoms with E-state index in [1.165, 1.54) is 6.33 Å². The number of nitrogens with zero attached hydrogens (tertiary/aromatic N) is 4. The van der Waals surface area contributed by atoms with E-state index in [1.807, 2.05) is 13.2 Å². The Morgan fingerprint density at radius 1 is 1.39 bits per heavy atom. The third kappa shape index (κ3) is 3.14. The van der Waals surface area contributed by atoms with Crippen molar-refractivity contribution in [2.75, 3.05) is 31.7 Å². The van der Waals surface area contributed by atoms with Gasteiger partial charge >= 0.3 is 0 Å².